The number of halogens is 1. The van der Waals surface area contributed by atoms with Gasteiger partial charge in [-0.25, -0.2) is 0 Å². The third-order valence-corrected chi connectivity index (χ3v) is 3.74. The SMILES string of the molecule is CN=C(NCc1cc(C)cc(OC)c1)NCc1ccccc1C.I. The van der Waals surface area contributed by atoms with Gasteiger partial charge >= 0.3 is 0 Å². The number of aryl methyl sites for hydroxylation is 2. The lowest BCUT2D eigenvalue weighted by molar-refractivity contribution is 0.414. The summed E-state index contributed by atoms with van der Waals surface area (Å²) in [5.74, 6) is 1.67. The molecule has 0 aliphatic carbocycles. The third kappa shape index (κ3) is 6.03. The van der Waals surface area contributed by atoms with Crippen molar-refractivity contribution in [1.82, 2.24) is 10.6 Å². The van der Waals surface area contributed by atoms with E-state index in [9.17, 15) is 0 Å². The quantitative estimate of drug-likeness (QED) is 0.424. The highest BCUT2D eigenvalue weighted by atomic mass is 127. The minimum absolute atomic E-state index is 0. The number of aliphatic imine (C=N–C) groups is 1. The number of guanidine groups is 1. The number of hydrogen-bond donors (Lipinski definition) is 2. The van der Waals surface area contributed by atoms with Gasteiger partial charge in [0.05, 0.1) is 7.11 Å². The molecule has 24 heavy (non-hydrogen) atoms. The van der Waals surface area contributed by atoms with E-state index in [0.29, 0.717) is 6.54 Å². The molecule has 0 atom stereocenters. The zero-order valence-corrected chi connectivity index (χ0v) is 17.0. The van der Waals surface area contributed by atoms with Crippen LogP contribution in [0.4, 0.5) is 0 Å². The van der Waals surface area contributed by atoms with Gasteiger partial charge in [-0.1, -0.05) is 30.3 Å². The summed E-state index contributed by atoms with van der Waals surface area (Å²) in [5.41, 5.74) is 4.90. The van der Waals surface area contributed by atoms with Crippen LogP contribution >= 0.6 is 24.0 Å². The summed E-state index contributed by atoms with van der Waals surface area (Å²) in [4.78, 5) is 4.28. The number of nitrogens with zero attached hydrogens (tertiary/aromatic N) is 1. The van der Waals surface area contributed by atoms with E-state index in [1.165, 1.54) is 22.3 Å². The molecule has 0 saturated carbocycles. The Morgan fingerprint density at radius 3 is 2.42 bits per heavy atom. The number of methoxy groups -OCH3 is 1. The highest BCUT2D eigenvalue weighted by Crippen LogP contribution is 2.16. The van der Waals surface area contributed by atoms with Gasteiger partial charge < -0.3 is 15.4 Å². The van der Waals surface area contributed by atoms with E-state index >= 15 is 0 Å². The van der Waals surface area contributed by atoms with E-state index < -0.39 is 0 Å². The first-order valence-electron chi connectivity index (χ1n) is 7.76. The molecule has 0 bridgehead atoms. The molecule has 130 valence electrons. The van der Waals surface area contributed by atoms with Gasteiger partial charge in [-0.05, 0) is 48.2 Å². The molecule has 0 aliphatic rings. The molecular formula is C19H26IN3O. The molecule has 0 radical (unpaired) electrons. The predicted octanol–water partition coefficient (Wildman–Crippen LogP) is 3.80. The Hall–Kier alpha value is -1.76. The number of benzene rings is 2. The second-order valence-electron chi connectivity index (χ2n) is 5.56. The van der Waals surface area contributed by atoms with Crippen LogP contribution in [0.2, 0.25) is 0 Å². The summed E-state index contributed by atoms with van der Waals surface area (Å²) >= 11 is 0. The van der Waals surface area contributed by atoms with Gasteiger partial charge in [-0.15, -0.1) is 24.0 Å². The zero-order valence-electron chi connectivity index (χ0n) is 14.7. The van der Waals surface area contributed by atoms with Gasteiger partial charge in [0, 0.05) is 20.1 Å². The van der Waals surface area contributed by atoms with Crippen molar-refractivity contribution < 1.29 is 4.74 Å². The fourth-order valence-corrected chi connectivity index (χ4v) is 2.44. The zero-order chi connectivity index (χ0) is 16.7. The van der Waals surface area contributed by atoms with Crippen molar-refractivity contribution >= 4 is 29.9 Å². The summed E-state index contributed by atoms with van der Waals surface area (Å²) in [6.45, 7) is 5.64. The maximum absolute atomic E-state index is 5.31. The van der Waals surface area contributed by atoms with Crippen LogP contribution in [0.25, 0.3) is 0 Å². The van der Waals surface area contributed by atoms with Gasteiger partial charge in [0.2, 0.25) is 0 Å². The lowest BCUT2D eigenvalue weighted by atomic mass is 10.1. The molecule has 0 aliphatic heterocycles. The summed E-state index contributed by atoms with van der Waals surface area (Å²) in [5, 5.41) is 6.68. The molecule has 0 saturated heterocycles. The van der Waals surface area contributed by atoms with Crippen LogP contribution in [0.3, 0.4) is 0 Å². The molecular weight excluding hydrogens is 413 g/mol. The average molecular weight is 439 g/mol. The van der Waals surface area contributed by atoms with E-state index in [1.54, 1.807) is 14.2 Å². The fraction of sp³-hybridized carbons (Fsp3) is 0.316. The Morgan fingerprint density at radius 2 is 1.75 bits per heavy atom. The molecule has 2 rings (SSSR count). The van der Waals surface area contributed by atoms with Crippen molar-refractivity contribution in [1.29, 1.82) is 0 Å². The van der Waals surface area contributed by atoms with Gasteiger partial charge in [-0.3, -0.25) is 4.99 Å². The molecule has 2 aromatic rings. The first-order chi connectivity index (χ1) is 11.1. The van der Waals surface area contributed by atoms with Crippen molar-refractivity contribution in [3.63, 3.8) is 0 Å². The van der Waals surface area contributed by atoms with Gasteiger partial charge in [-0.2, -0.15) is 0 Å². The normalized spacial score (nSPS) is 10.8. The minimum Gasteiger partial charge on any atom is -0.497 e. The van der Waals surface area contributed by atoms with Crippen molar-refractivity contribution in [2.45, 2.75) is 26.9 Å². The van der Waals surface area contributed by atoms with Crippen LogP contribution in [0.1, 0.15) is 22.3 Å². The molecule has 5 heteroatoms. The Bertz CT molecular complexity index is 686. The number of rotatable bonds is 5. The third-order valence-electron chi connectivity index (χ3n) is 3.74. The van der Waals surface area contributed by atoms with E-state index in [4.69, 9.17) is 4.74 Å². The van der Waals surface area contributed by atoms with Gasteiger partial charge in [0.1, 0.15) is 5.75 Å². The lowest BCUT2D eigenvalue weighted by Gasteiger charge is -2.14. The summed E-state index contributed by atoms with van der Waals surface area (Å²) < 4.78 is 5.31. The van der Waals surface area contributed by atoms with Crippen LogP contribution in [0, 0.1) is 13.8 Å². The summed E-state index contributed by atoms with van der Waals surface area (Å²) in [7, 11) is 3.47. The molecule has 0 spiro atoms. The molecule has 0 unspecified atom stereocenters. The fourth-order valence-electron chi connectivity index (χ4n) is 2.44. The van der Waals surface area contributed by atoms with E-state index in [1.807, 2.05) is 12.1 Å². The van der Waals surface area contributed by atoms with E-state index in [2.05, 4.69) is 59.8 Å². The van der Waals surface area contributed by atoms with Crippen LogP contribution in [-0.4, -0.2) is 20.1 Å². The smallest absolute Gasteiger partial charge is 0.191 e. The second-order valence-corrected chi connectivity index (χ2v) is 5.56. The maximum atomic E-state index is 5.31. The molecule has 2 aromatic carbocycles. The van der Waals surface area contributed by atoms with Crippen molar-refractivity contribution in [2.24, 2.45) is 4.99 Å². The predicted molar refractivity (Wildman–Crippen MR) is 111 cm³/mol. The molecule has 0 amide bonds. The molecule has 0 fully saturated rings. The molecule has 0 heterocycles. The number of nitrogens with one attached hydrogen (secondary N) is 2. The van der Waals surface area contributed by atoms with Crippen molar-refractivity contribution in [3.05, 3.63) is 64.7 Å². The van der Waals surface area contributed by atoms with Crippen molar-refractivity contribution in [3.8, 4) is 5.75 Å². The highest BCUT2D eigenvalue weighted by molar-refractivity contribution is 14.0. The van der Waals surface area contributed by atoms with Crippen LogP contribution in [-0.2, 0) is 13.1 Å². The second kappa shape index (κ2) is 10.2. The van der Waals surface area contributed by atoms with Crippen LogP contribution in [0.5, 0.6) is 5.75 Å². The van der Waals surface area contributed by atoms with E-state index in [0.717, 1.165) is 18.3 Å². The Balaban J connectivity index is 0.00000288. The lowest BCUT2D eigenvalue weighted by Crippen LogP contribution is -2.36. The molecule has 4 nitrogen and oxygen atoms in total. The molecule has 2 N–H and O–H groups in total. The maximum Gasteiger partial charge on any atom is 0.191 e. The summed E-state index contributed by atoms with van der Waals surface area (Å²) in [6.07, 6.45) is 0. The Kier molecular flexibility index (Phi) is 8.60. The van der Waals surface area contributed by atoms with E-state index in [-0.39, 0.29) is 24.0 Å². The van der Waals surface area contributed by atoms with Crippen molar-refractivity contribution in [2.75, 3.05) is 14.2 Å². The number of hydrogen-bond acceptors (Lipinski definition) is 2. The standard InChI is InChI=1S/C19H25N3O.HI/c1-14-9-16(11-18(10-14)23-4)12-21-19(20-3)22-13-17-8-6-5-7-15(17)2;/h5-11H,12-13H2,1-4H3,(H2,20,21,22);1H. The number of ether oxygens (including phenoxy) is 1. The monoisotopic (exact) mass is 439 g/mol. The Labute approximate surface area is 161 Å². The van der Waals surface area contributed by atoms with Gasteiger partial charge in [0.25, 0.3) is 0 Å². The molecule has 0 aromatic heterocycles. The first kappa shape index (κ1) is 20.3. The van der Waals surface area contributed by atoms with Crippen LogP contribution in [0.15, 0.2) is 47.5 Å². The Morgan fingerprint density at radius 1 is 1.04 bits per heavy atom. The minimum atomic E-state index is 0. The first-order valence-corrected chi connectivity index (χ1v) is 7.76. The highest BCUT2D eigenvalue weighted by Gasteiger charge is 2.03. The average Bonchev–Trinajstić information content (AvgIpc) is 2.56. The van der Waals surface area contributed by atoms with Crippen LogP contribution < -0.4 is 15.4 Å². The topological polar surface area (TPSA) is 45.7 Å². The van der Waals surface area contributed by atoms with Gasteiger partial charge in [0.15, 0.2) is 5.96 Å². The summed E-state index contributed by atoms with van der Waals surface area (Å²) in [6, 6.07) is 14.6. The largest absolute Gasteiger partial charge is 0.497 e.